The Hall–Kier alpha value is -3.73. The molecule has 0 saturated carbocycles. The minimum Gasteiger partial charge on any atom is -0.497 e. The van der Waals surface area contributed by atoms with Gasteiger partial charge in [-0.2, -0.15) is 0 Å². The number of nitrogens with zero attached hydrogens (tertiary/aromatic N) is 1. The lowest BCUT2D eigenvalue weighted by Gasteiger charge is -2.12. The molecule has 0 bridgehead atoms. The second-order valence-electron chi connectivity index (χ2n) is 6.72. The Morgan fingerprint density at radius 1 is 1.07 bits per heavy atom. The van der Waals surface area contributed by atoms with Crippen molar-refractivity contribution in [3.8, 4) is 22.8 Å². The summed E-state index contributed by atoms with van der Waals surface area (Å²) in [7, 11) is 3.27. The van der Waals surface area contributed by atoms with Crippen LogP contribution in [0.4, 0.5) is 11.5 Å². The number of aromatic nitrogens is 2. The third kappa shape index (κ3) is 3.94. The zero-order chi connectivity index (χ0) is 20.2. The van der Waals surface area contributed by atoms with Gasteiger partial charge < -0.3 is 19.8 Å². The molecule has 0 radical (unpaired) electrons. The maximum absolute atomic E-state index is 5.46. The van der Waals surface area contributed by atoms with E-state index in [1.54, 1.807) is 14.2 Å². The van der Waals surface area contributed by atoms with Crippen LogP contribution in [0.1, 0.15) is 5.56 Å². The first-order chi connectivity index (χ1) is 14.2. The number of hydrogen-bond donors (Lipinski definition) is 2. The van der Waals surface area contributed by atoms with E-state index in [1.807, 2.05) is 36.5 Å². The summed E-state index contributed by atoms with van der Waals surface area (Å²) in [5.41, 5.74) is 5.28. The van der Waals surface area contributed by atoms with Crippen molar-refractivity contribution in [1.29, 1.82) is 0 Å². The third-order valence-corrected chi connectivity index (χ3v) is 4.79. The number of fused-ring (bicyclic) bond motifs is 1. The maximum atomic E-state index is 5.46. The highest BCUT2D eigenvalue weighted by molar-refractivity contribution is 5.87. The Morgan fingerprint density at radius 3 is 2.76 bits per heavy atom. The van der Waals surface area contributed by atoms with Gasteiger partial charge in [-0.25, -0.2) is 4.98 Å². The molecule has 2 aromatic heterocycles. The zero-order valence-electron chi connectivity index (χ0n) is 16.5. The molecule has 5 nitrogen and oxygen atoms in total. The second-order valence-corrected chi connectivity index (χ2v) is 6.72. The van der Waals surface area contributed by atoms with Gasteiger partial charge >= 0.3 is 0 Å². The summed E-state index contributed by atoms with van der Waals surface area (Å²) < 4.78 is 10.7. The number of rotatable bonds is 7. The molecule has 0 saturated heterocycles. The van der Waals surface area contributed by atoms with Crippen LogP contribution in [-0.2, 0) is 6.42 Å². The molecule has 0 unspecified atom stereocenters. The number of benzene rings is 2. The van der Waals surface area contributed by atoms with E-state index < -0.39 is 0 Å². The first-order valence-electron chi connectivity index (χ1n) is 9.38. The lowest BCUT2D eigenvalue weighted by Crippen LogP contribution is -1.97. The van der Waals surface area contributed by atoms with Crippen molar-refractivity contribution in [3.63, 3.8) is 0 Å². The monoisotopic (exact) mass is 385 g/mol. The number of aromatic amines is 1. The quantitative estimate of drug-likeness (QED) is 0.400. The van der Waals surface area contributed by atoms with E-state index in [1.165, 1.54) is 5.56 Å². The fourth-order valence-electron chi connectivity index (χ4n) is 3.32. The largest absolute Gasteiger partial charge is 0.497 e. The molecule has 146 valence electrons. The molecule has 4 aromatic rings. The lowest BCUT2D eigenvalue weighted by atomic mass is 10.1. The number of ether oxygens (including phenoxy) is 2. The summed E-state index contributed by atoms with van der Waals surface area (Å²) in [4.78, 5) is 8.04. The van der Waals surface area contributed by atoms with Gasteiger partial charge in [-0.3, -0.25) is 0 Å². The van der Waals surface area contributed by atoms with Crippen LogP contribution >= 0.6 is 0 Å². The third-order valence-electron chi connectivity index (χ3n) is 4.79. The SMILES string of the molecule is C=CCc1cccc(-c2cc3cnc(Nc4ccc(OC)cc4OC)cc3[nH]2)c1. The van der Waals surface area contributed by atoms with Crippen molar-refractivity contribution in [3.05, 3.63) is 79.0 Å². The summed E-state index contributed by atoms with van der Waals surface area (Å²) in [6.45, 7) is 3.82. The van der Waals surface area contributed by atoms with Crippen LogP contribution in [0.15, 0.2) is 73.4 Å². The van der Waals surface area contributed by atoms with E-state index in [4.69, 9.17) is 9.47 Å². The molecule has 29 heavy (non-hydrogen) atoms. The fourth-order valence-corrected chi connectivity index (χ4v) is 3.32. The van der Waals surface area contributed by atoms with Gasteiger partial charge in [0, 0.05) is 29.4 Å². The van der Waals surface area contributed by atoms with Gasteiger partial charge in [0.1, 0.15) is 17.3 Å². The predicted molar refractivity (Wildman–Crippen MR) is 118 cm³/mol. The van der Waals surface area contributed by atoms with Crippen molar-refractivity contribution in [2.45, 2.75) is 6.42 Å². The first-order valence-corrected chi connectivity index (χ1v) is 9.38. The smallest absolute Gasteiger partial charge is 0.146 e. The van der Waals surface area contributed by atoms with E-state index in [-0.39, 0.29) is 0 Å². The van der Waals surface area contributed by atoms with E-state index in [2.05, 4.69) is 52.2 Å². The molecule has 0 fully saturated rings. The Morgan fingerprint density at radius 2 is 1.97 bits per heavy atom. The topological polar surface area (TPSA) is 59.2 Å². The summed E-state index contributed by atoms with van der Waals surface area (Å²) >= 11 is 0. The number of nitrogens with one attached hydrogen (secondary N) is 2. The van der Waals surface area contributed by atoms with E-state index in [0.29, 0.717) is 5.75 Å². The Labute approximate surface area is 170 Å². The standard InChI is InChI=1S/C24H23N3O2/c1-4-6-16-7-5-8-17(11-16)21-12-18-15-25-24(14-22(18)26-21)27-20-10-9-19(28-2)13-23(20)29-3/h4-5,7-15,26H,1,6H2,2-3H3,(H,25,27). The average Bonchev–Trinajstić information content (AvgIpc) is 3.18. The molecule has 0 aliphatic heterocycles. The highest BCUT2D eigenvalue weighted by Gasteiger charge is 2.09. The molecule has 0 aliphatic rings. The molecule has 5 heteroatoms. The van der Waals surface area contributed by atoms with Crippen molar-refractivity contribution < 1.29 is 9.47 Å². The number of pyridine rings is 1. The fraction of sp³-hybridized carbons (Fsp3) is 0.125. The van der Waals surface area contributed by atoms with Crippen LogP contribution in [0.5, 0.6) is 11.5 Å². The first kappa shape index (κ1) is 18.6. The summed E-state index contributed by atoms with van der Waals surface area (Å²) in [5.74, 6) is 2.16. The van der Waals surface area contributed by atoms with E-state index >= 15 is 0 Å². The van der Waals surface area contributed by atoms with Crippen molar-refractivity contribution in [2.24, 2.45) is 0 Å². The average molecular weight is 385 g/mol. The van der Waals surface area contributed by atoms with Crippen LogP contribution in [0.3, 0.4) is 0 Å². The van der Waals surface area contributed by atoms with Crippen LogP contribution in [0.25, 0.3) is 22.2 Å². The highest BCUT2D eigenvalue weighted by Crippen LogP contribution is 2.32. The van der Waals surface area contributed by atoms with Crippen molar-refractivity contribution in [2.75, 3.05) is 19.5 Å². The summed E-state index contributed by atoms with van der Waals surface area (Å²) in [6.07, 6.45) is 4.63. The van der Waals surface area contributed by atoms with Gasteiger partial charge in [0.2, 0.25) is 0 Å². The molecular formula is C24H23N3O2. The van der Waals surface area contributed by atoms with Crippen molar-refractivity contribution in [1.82, 2.24) is 9.97 Å². The van der Waals surface area contributed by atoms with Crippen LogP contribution in [0.2, 0.25) is 0 Å². The predicted octanol–water partition coefficient (Wildman–Crippen LogP) is 5.72. The molecule has 2 aromatic carbocycles. The maximum Gasteiger partial charge on any atom is 0.146 e. The van der Waals surface area contributed by atoms with Gasteiger partial charge in [0.15, 0.2) is 0 Å². The van der Waals surface area contributed by atoms with E-state index in [9.17, 15) is 0 Å². The number of hydrogen-bond acceptors (Lipinski definition) is 4. The Balaban J connectivity index is 1.64. The van der Waals surface area contributed by atoms with Gasteiger partial charge in [0.25, 0.3) is 0 Å². The minimum absolute atomic E-state index is 0.692. The summed E-state index contributed by atoms with van der Waals surface area (Å²) in [6, 6.07) is 18.2. The minimum atomic E-state index is 0.692. The molecular weight excluding hydrogens is 362 g/mol. The highest BCUT2D eigenvalue weighted by atomic mass is 16.5. The molecule has 0 spiro atoms. The Kier molecular flexibility index (Phi) is 5.20. The van der Waals surface area contributed by atoms with E-state index in [0.717, 1.165) is 45.8 Å². The van der Waals surface area contributed by atoms with Gasteiger partial charge in [-0.15, -0.1) is 6.58 Å². The Bertz CT molecular complexity index is 1160. The van der Waals surface area contributed by atoms with Gasteiger partial charge in [0.05, 0.1) is 25.4 Å². The molecule has 4 rings (SSSR count). The lowest BCUT2D eigenvalue weighted by molar-refractivity contribution is 0.395. The van der Waals surface area contributed by atoms with Crippen LogP contribution in [-0.4, -0.2) is 24.2 Å². The number of H-pyrrole nitrogens is 1. The molecule has 2 heterocycles. The van der Waals surface area contributed by atoms with Crippen molar-refractivity contribution >= 4 is 22.4 Å². The van der Waals surface area contributed by atoms with Gasteiger partial charge in [-0.1, -0.05) is 24.3 Å². The molecule has 0 aliphatic carbocycles. The van der Waals surface area contributed by atoms with Crippen LogP contribution in [0, 0.1) is 0 Å². The summed E-state index contributed by atoms with van der Waals surface area (Å²) in [5, 5.41) is 4.38. The molecule has 0 atom stereocenters. The second kappa shape index (κ2) is 8.10. The molecule has 2 N–H and O–H groups in total. The molecule has 0 amide bonds. The zero-order valence-corrected chi connectivity index (χ0v) is 16.5. The number of allylic oxidation sites excluding steroid dienone is 1. The normalized spacial score (nSPS) is 10.7. The van der Waals surface area contributed by atoms with Gasteiger partial charge in [-0.05, 0) is 41.8 Å². The number of anilines is 2. The number of methoxy groups -OCH3 is 2. The van der Waals surface area contributed by atoms with Crippen LogP contribution < -0.4 is 14.8 Å².